The molecule has 9 nitrogen and oxygen atoms in total. The topological polar surface area (TPSA) is 103 Å². The highest BCUT2D eigenvalue weighted by atomic mass is 16.6. The Kier molecular flexibility index (Phi) is 6.20. The number of hydrogen-bond donors (Lipinski definition) is 1. The van der Waals surface area contributed by atoms with Gasteiger partial charge < -0.3 is 24.3 Å². The van der Waals surface area contributed by atoms with E-state index < -0.39 is 18.2 Å². The third-order valence-electron chi connectivity index (χ3n) is 6.18. The Bertz CT molecular complexity index is 1310. The standard InChI is InChI=1S/C27H24N2O7/c1-33-21-14-12-19-23(24(21)34-2)27(32)36-26(19)29-20(13-15-22(29)30)25(31)28-16-8-10-18(11-9-16)35-17-6-4-3-5-7-17/h3-12,14,20,26H,13,15H2,1-2H3,(H,28,31). The number of para-hydroxylation sites is 1. The number of carbonyl (C=O) groups excluding carboxylic acids is 3. The molecule has 3 aromatic carbocycles. The van der Waals surface area contributed by atoms with Crippen molar-refractivity contribution in [3.8, 4) is 23.0 Å². The van der Waals surface area contributed by atoms with Crippen LogP contribution in [0, 0.1) is 0 Å². The highest BCUT2D eigenvalue weighted by molar-refractivity contribution is 6.01. The molecule has 0 spiro atoms. The maximum atomic E-state index is 13.2. The third kappa shape index (κ3) is 4.19. The molecule has 1 N–H and O–H groups in total. The highest BCUT2D eigenvalue weighted by Crippen LogP contribution is 2.45. The normalized spacial score (nSPS) is 18.4. The van der Waals surface area contributed by atoms with Crippen LogP contribution in [0.1, 0.15) is 35.0 Å². The van der Waals surface area contributed by atoms with Crippen molar-refractivity contribution in [3.05, 3.63) is 77.9 Å². The zero-order valence-electron chi connectivity index (χ0n) is 19.7. The van der Waals surface area contributed by atoms with Crippen LogP contribution in [-0.2, 0) is 14.3 Å². The summed E-state index contributed by atoms with van der Waals surface area (Å²) in [5, 5.41) is 2.85. The average molecular weight is 488 g/mol. The Morgan fingerprint density at radius 2 is 1.67 bits per heavy atom. The van der Waals surface area contributed by atoms with Crippen LogP contribution in [0.2, 0.25) is 0 Å². The van der Waals surface area contributed by atoms with E-state index in [0.717, 1.165) is 0 Å². The largest absolute Gasteiger partial charge is 0.493 e. The fourth-order valence-electron chi connectivity index (χ4n) is 4.50. The number of hydrogen-bond acceptors (Lipinski definition) is 7. The SMILES string of the molecule is COc1ccc2c(c1OC)C(=O)OC2N1C(=O)CCC1C(=O)Nc1ccc(Oc2ccccc2)cc1. The van der Waals surface area contributed by atoms with Gasteiger partial charge in [-0.3, -0.25) is 14.5 Å². The summed E-state index contributed by atoms with van der Waals surface area (Å²) in [6.45, 7) is 0. The van der Waals surface area contributed by atoms with E-state index >= 15 is 0 Å². The molecule has 0 bridgehead atoms. The molecule has 5 rings (SSSR count). The predicted octanol–water partition coefficient (Wildman–Crippen LogP) is 4.29. The summed E-state index contributed by atoms with van der Waals surface area (Å²) in [4.78, 5) is 40.1. The zero-order valence-corrected chi connectivity index (χ0v) is 19.7. The molecule has 2 amide bonds. The number of anilines is 1. The summed E-state index contributed by atoms with van der Waals surface area (Å²) in [6, 6.07) is 18.8. The summed E-state index contributed by atoms with van der Waals surface area (Å²) in [5.74, 6) is 0.637. The van der Waals surface area contributed by atoms with Gasteiger partial charge in [0.15, 0.2) is 11.5 Å². The van der Waals surface area contributed by atoms with Crippen LogP contribution < -0.4 is 19.5 Å². The molecule has 2 unspecified atom stereocenters. The minimum Gasteiger partial charge on any atom is -0.493 e. The molecule has 2 heterocycles. The zero-order chi connectivity index (χ0) is 25.2. The minimum atomic E-state index is -1.03. The predicted molar refractivity (Wildman–Crippen MR) is 129 cm³/mol. The number of likely N-dealkylation sites (tertiary alicyclic amines) is 1. The fraction of sp³-hybridized carbons (Fsp3) is 0.222. The first kappa shape index (κ1) is 23.2. The number of nitrogens with zero attached hydrogens (tertiary/aromatic N) is 1. The lowest BCUT2D eigenvalue weighted by Gasteiger charge is -2.29. The van der Waals surface area contributed by atoms with Crippen molar-refractivity contribution in [3.63, 3.8) is 0 Å². The first-order valence-electron chi connectivity index (χ1n) is 11.4. The number of amides is 2. The third-order valence-corrected chi connectivity index (χ3v) is 6.18. The first-order valence-corrected chi connectivity index (χ1v) is 11.4. The van der Waals surface area contributed by atoms with Gasteiger partial charge in [0.05, 0.1) is 14.2 Å². The van der Waals surface area contributed by atoms with Crippen molar-refractivity contribution < 1.29 is 33.3 Å². The van der Waals surface area contributed by atoms with Crippen LogP contribution in [0.25, 0.3) is 0 Å². The number of fused-ring (bicyclic) bond motifs is 1. The number of benzene rings is 3. The molecule has 0 aromatic heterocycles. The van der Waals surface area contributed by atoms with E-state index in [1.54, 1.807) is 36.4 Å². The number of esters is 1. The van der Waals surface area contributed by atoms with Gasteiger partial charge in [0.2, 0.25) is 18.0 Å². The number of carbonyl (C=O) groups is 3. The van der Waals surface area contributed by atoms with Gasteiger partial charge in [-0.25, -0.2) is 4.79 Å². The molecule has 184 valence electrons. The molecule has 36 heavy (non-hydrogen) atoms. The molecular weight excluding hydrogens is 464 g/mol. The van der Waals surface area contributed by atoms with Crippen molar-refractivity contribution in [2.24, 2.45) is 0 Å². The molecule has 0 radical (unpaired) electrons. The van der Waals surface area contributed by atoms with E-state index in [2.05, 4.69) is 5.32 Å². The Morgan fingerprint density at radius 3 is 2.36 bits per heavy atom. The molecule has 0 saturated carbocycles. The Hall–Kier alpha value is -4.53. The molecule has 1 fully saturated rings. The first-order chi connectivity index (χ1) is 17.5. The Labute approximate surface area is 207 Å². The number of cyclic esters (lactones) is 1. The van der Waals surface area contributed by atoms with Crippen LogP contribution in [0.3, 0.4) is 0 Å². The van der Waals surface area contributed by atoms with Gasteiger partial charge in [0.1, 0.15) is 23.1 Å². The summed E-state index contributed by atoms with van der Waals surface area (Å²) < 4.78 is 22.0. The van der Waals surface area contributed by atoms with Crippen LogP contribution >= 0.6 is 0 Å². The van der Waals surface area contributed by atoms with Crippen molar-refractivity contribution in [2.45, 2.75) is 25.1 Å². The molecule has 2 aliphatic heterocycles. The van der Waals surface area contributed by atoms with Crippen LogP contribution in [0.4, 0.5) is 5.69 Å². The van der Waals surface area contributed by atoms with Gasteiger partial charge in [-0.1, -0.05) is 18.2 Å². The molecule has 2 atom stereocenters. The summed E-state index contributed by atoms with van der Waals surface area (Å²) >= 11 is 0. The van der Waals surface area contributed by atoms with Crippen LogP contribution in [-0.4, -0.2) is 42.9 Å². The average Bonchev–Trinajstić information content (AvgIpc) is 3.44. The second kappa shape index (κ2) is 9.61. The summed E-state index contributed by atoms with van der Waals surface area (Å²) in [6.07, 6.45) is -0.561. The highest BCUT2D eigenvalue weighted by Gasteiger charge is 2.47. The van der Waals surface area contributed by atoms with E-state index in [4.69, 9.17) is 18.9 Å². The lowest BCUT2D eigenvalue weighted by Crippen LogP contribution is -2.43. The lowest BCUT2D eigenvalue weighted by atomic mass is 10.1. The van der Waals surface area contributed by atoms with Gasteiger partial charge in [0.25, 0.3) is 0 Å². The second-order valence-corrected chi connectivity index (χ2v) is 8.31. The lowest BCUT2D eigenvalue weighted by molar-refractivity contribution is -0.144. The number of nitrogens with one attached hydrogen (secondary N) is 1. The number of ether oxygens (including phenoxy) is 4. The van der Waals surface area contributed by atoms with E-state index in [9.17, 15) is 14.4 Å². The van der Waals surface area contributed by atoms with E-state index in [0.29, 0.717) is 34.9 Å². The van der Waals surface area contributed by atoms with Crippen molar-refractivity contribution in [1.29, 1.82) is 0 Å². The monoisotopic (exact) mass is 488 g/mol. The maximum absolute atomic E-state index is 13.2. The molecule has 3 aromatic rings. The molecular formula is C27H24N2O7. The van der Waals surface area contributed by atoms with Gasteiger partial charge in [-0.15, -0.1) is 0 Å². The van der Waals surface area contributed by atoms with Gasteiger partial charge in [0, 0.05) is 17.7 Å². The van der Waals surface area contributed by atoms with Gasteiger partial charge in [-0.2, -0.15) is 0 Å². The summed E-state index contributed by atoms with van der Waals surface area (Å²) in [7, 11) is 2.89. The van der Waals surface area contributed by atoms with Gasteiger partial charge in [-0.05, 0) is 55.0 Å². The van der Waals surface area contributed by atoms with Crippen molar-refractivity contribution >= 4 is 23.5 Å². The van der Waals surface area contributed by atoms with Gasteiger partial charge >= 0.3 is 5.97 Å². The summed E-state index contributed by atoms with van der Waals surface area (Å²) in [5.41, 5.74) is 1.19. The van der Waals surface area contributed by atoms with Crippen LogP contribution in [0.15, 0.2) is 66.7 Å². The number of rotatable bonds is 7. The van der Waals surface area contributed by atoms with E-state index in [-0.39, 0.29) is 29.5 Å². The molecule has 1 saturated heterocycles. The Balaban J connectivity index is 1.34. The van der Waals surface area contributed by atoms with Crippen molar-refractivity contribution in [1.82, 2.24) is 4.90 Å². The molecule has 2 aliphatic rings. The minimum absolute atomic E-state index is 0.165. The number of methoxy groups -OCH3 is 2. The quantitative estimate of drug-likeness (QED) is 0.495. The fourth-order valence-corrected chi connectivity index (χ4v) is 4.50. The smallest absolute Gasteiger partial charge is 0.344 e. The molecule has 0 aliphatic carbocycles. The maximum Gasteiger partial charge on any atom is 0.344 e. The van der Waals surface area contributed by atoms with Crippen molar-refractivity contribution in [2.75, 3.05) is 19.5 Å². The van der Waals surface area contributed by atoms with E-state index in [1.165, 1.54) is 19.1 Å². The van der Waals surface area contributed by atoms with Crippen LogP contribution in [0.5, 0.6) is 23.0 Å². The van der Waals surface area contributed by atoms with E-state index in [1.807, 2.05) is 30.3 Å². The second-order valence-electron chi connectivity index (χ2n) is 8.31. The molecule has 9 heteroatoms. The Morgan fingerprint density at radius 1 is 0.944 bits per heavy atom.